The van der Waals surface area contributed by atoms with E-state index in [1.54, 1.807) is 6.07 Å². The lowest BCUT2D eigenvalue weighted by Crippen LogP contribution is -2.33. The Bertz CT molecular complexity index is 1250. The fourth-order valence-corrected chi connectivity index (χ4v) is 3.49. The van der Waals surface area contributed by atoms with Gasteiger partial charge < -0.3 is 10.5 Å². The van der Waals surface area contributed by atoms with Crippen LogP contribution in [0.25, 0.3) is 5.69 Å². The van der Waals surface area contributed by atoms with E-state index in [9.17, 15) is 14.4 Å². The lowest BCUT2D eigenvalue weighted by Gasteiger charge is -2.24. The zero-order valence-electron chi connectivity index (χ0n) is 14.7. The lowest BCUT2D eigenvalue weighted by molar-refractivity contribution is 0.407. The van der Waals surface area contributed by atoms with Gasteiger partial charge in [-0.2, -0.15) is 4.68 Å². The first-order valence-corrected chi connectivity index (χ1v) is 9.35. The number of anilines is 1. The Morgan fingerprint density at radius 2 is 1.79 bits per heavy atom. The number of hydrogen-bond acceptors (Lipinski definition) is 7. The summed E-state index contributed by atoms with van der Waals surface area (Å²) < 4.78 is 6.54. The van der Waals surface area contributed by atoms with Gasteiger partial charge in [0.2, 0.25) is 11.7 Å². The number of aromatic nitrogens is 5. The minimum Gasteiger partial charge on any atom is -0.434 e. The predicted molar refractivity (Wildman–Crippen MR) is 106 cm³/mol. The van der Waals surface area contributed by atoms with Crippen LogP contribution in [0.5, 0.6) is 11.6 Å². The smallest absolute Gasteiger partial charge is 0.349 e. The molecule has 0 spiro atoms. The van der Waals surface area contributed by atoms with E-state index < -0.39 is 17.1 Å². The molecule has 2 aromatic heterocycles. The van der Waals surface area contributed by atoms with Crippen LogP contribution in [0.2, 0.25) is 10.0 Å². The second-order valence-electron chi connectivity index (χ2n) is 6.52. The normalized spacial score (nSPS) is 13.9. The van der Waals surface area contributed by atoms with Crippen molar-refractivity contribution in [2.45, 2.75) is 25.2 Å². The number of H-pyrrole nitrogens is 2. The third-order valence-electron chi connectivity index (χ3n) is 4.64. The highest BCUT2D eigenvalue weighted by Crippen LogP contribution is 2.39. The van der Waals surface area contributed by atoms with Gasteiger partial charge >= 0.3 is 5.69 Å². The molecule has 0 radical (unpaired) electrons. The van der Waals surface area contributed by atoms with Gasteiger partial charge in [-0.15, -0.1) is 10.2 Å². The van der Waals surface area contributed by atoms with Crippen LogP contribution in [0.3, 0.4) is 0 Å². The standard InChI is InChI=1S/C17H14Cl2N6O4/c18-10-4-8(25-17(28)21-16(27)14(20)24-25)5-11(19)13(10)29-12-6-9(7-2-1-3-7)15(26)23-22-12/h4-7H,1-3H2,(H2,20,24)(H,23,26)(H,21,27,28). The molecule has 4 N–H and O–H groups in total. The molecule has 1 fully saturated rings. The van der Waals surface area contributed by atoms with Crippen molar-refractivity contribution in [3.05, 3.63) is 65.0 Å². The average Bonchev–Trinajstić information content (AvgIpc) is 2.62. The van der Waals surface area contributed by atoms with Crippen LogP contribution in [0.4, 0.5) is 5.82 Å². The number of nitrogen functional groups attached to an aromatic ring is 1. The zero-order chi connectivity index (χ0) is 20.7. The predicted octanol–water partition coefficient (Wildman–Crippen LogP) is 1.95. The van der Waals surface area contributed by atoms with Crippen LogP contribution in [-0.4, -0.2) is 25.0 Å². The molecule has 0 bridgehead atoms. The van der Waals surface area contributed by atoms with Gasteiger partial charge in [0.1, 0.15) is 0 Å². The van der Waals surface area contributed by atoms with E-state index in [4.69, 9.17) is 33.7 Å². The molecule has 0 amide bonds. The molecule has 1 aliphatic carbocycles. The minimum atomic E-state index is -0.808. The summed E-state index contributed by atoms with van der Waals surface area (Å²) in [5, 5.41) is 10.1. The second-order valence-corrected chi connectivity index (χ2v) is 7.33. The number of benzene rings is 1. The number of rotatable bonds is 4. The SMILES string of the molecule is Nc1nn(-c2cc(Cl)c(Oc3cc(C4CCC4)c(=O)[nH]n3)c(Cl)c2)c(=O)[nH]c1=O. The van der Waals surface area contributed by atoms with E-state index in [0.29, 0.717) is 5.56 Å². The summed E-state index contributed by atoms with van der Waals surface area (Å²) in [5.41, 5.74) is 4.37. The summed E-state index contributed by atoms with van der Waals surface area (Å²) in [5.74, 6) is 0.00691. The van der Waals surface area contributed by atoms with Crippen LogP contribution >= 0.6 is 23.2 Å². The Kier molecular flexibility index (Phi) is 4.89. The van der Waals surface area contributed by atoms with E-state index in [1.165, 1.54) is 12.1 Å². The van der Waals surface area contributed by atoms with Crippen LogP contribution in [0.15, 0.2) is 32.6 Å². The first kappa shape index (κ1) is 19.2. The van der Waals surface area contributed by atoms with Crippen molar-refractivity contribution in [1.29, 1.82) is 0 Å². The number of nitrogens with zero attached hydrogens (tertiary/aromatic N) is 3. The maximum atomic E-state index is 12.0. The van der Waals surface area contributed by atoms with Crippen molar-refractivity contribution in [2.24, 2.45) is 0 Å². The van der Waals surface area contributed by atoms with Crippen molar-refractivity contribution < 1.29 is 4.74 Å². The molecular weight excluding hydrogens is 423 g/mol. The van der Waals surface area contributed by atoms with Gasteiger partial charge in [0.15, 0.2) is 5.75 Å². The number of ether oxygens (including phenoxy) is 1. The van der Waals surface area contributed by atoms with Crippen LogP contribution in [-0.2, 0) is 0 Å². The molecule has 0 saturated heterocycles. The Morgan fingerprint density at radius 1 is 1.10 bits per heavy atom. The Hall–Kier alpha value is -3.11. The third-order valence-corrected chi connectivity index (χ3v) is 5.20. The minimum absolute atomic E-state index is 0.0594. The Labute approximate surface area is 172 Å². The van der Waals surface area contributed by atoms with Crippen molar-refractivity contribution in [3.63, 3.8) is 0 Å². The molecule has 1 aromatic carbocycles. The molecular formula is C17H14Cl2N6O4. The van der Waals surface area contributed by atoms with E-state index in [-0.39, 0.29) is 38.8 Å². The van der Waals surface area contributed by atoms with Crippen molar-refractivity contribution >= 4 is 29.0 Å². The molecule has 4 rings (SSSR count). The summed E-state index contributed by atoms with van der Waals surface area (Å²) in [4.78, 5) is 37.4. The number of nitrogens with two attached hydrogens (primary N) is 1. The first-order chi connectivity index (χ1) is 13.8. The summed E-state index contributed by atoms with van der Waals surface area (Å²) in [7, 11) is 0. The van der Waals surface area contributed by atoms with Crippen molar-refractivity contribution in [1.82, 2.24) is 25.0 Å². The fraction of sp³-hybridized carbons (Fsp3) is 0.235. The molecule has 3 aromatic rings. The van der Waals surface area contributed by atoms with Crippen molar-refractivity contribution in [3.8, 4) is 17.3 Å². The monoisotopic (exact) mass is 436 g/mol. The highest BCUT2D eigenvalue weighted by molar-refractivity contribution is 6.37. The number of halogens is 2. The molecule has 29 heavy (non-hydrogen) atoms. The molecule has 150 valence electrons. The number of hydrogen-bond donors (Lipinski definition) is 3. The molecule has 0 aliphatic heterocycles. The highest BCUT2D eigenvalue weighted by Gasteiger charge is 2.23. The summed E-state index contributed by atoms with van der Waals surface area (Å²) in [6.45, 7) is 0. The van der Waals surface area contributed by atoms with Gasteiger partial charge in [-0.3, -0.25) is 14.6 Å². The molecule has 10 nitrogen and oxygen atoms in total. The average molecular weight is 437 g/mol. The van der Waals surface area contributed by atoms with Crippen LogP contribution in [0.1, 0.15) is 30.7 Å². The molecule has 12 heteroatoms. The van der Waals surface area contributed by atoms with Gasteiger partial charge in [0.25, 0.3) is 11.1 Å². The van der Waals surface area contributed by atoms with Gasteiger partial charge in [-0.05, 0) is 30.9 Å². The third kappa shape index (κ3) is 3.64. The van der Waals surface area contributed by atoms with E-state index in [0.717, 1.165) is 23.9 Å². The molecule has 1 saturated carbocycles. The largest absolute Gasteiger partial charge is 0.434 e. The van der Waals surface area contributed by atoms with Crippen LogP contribution < -0.4 is 27.3 Å². The maximum Gasteiger partial charge on any atom is 0.349 e. The topological polar surface area (TPSA) is 149 Å². The van der Waals surface area contributed by atoms with Gasteiger partial charge in [-0.1, -0.05) is 29.6 Å². The fourth-order valence-electron chi connectivity index (χ4n) is 2.93. The molecule has 0 unspecified atom stereocenters. The van der Waals surface area contributed by atoms with Crippen LogP contribution in [0, 0.1) is 0 Å². The summed E-state index contributed by atoms with van der Waals surface area (Å²) >= 11 is 12.5. The molecule has 1 aliphatic rings. The highest BCUT2D eigenvalue weighted by atomic mass is 35.5. The summed E-state index contributed by atoms with van der Waals surface area (Å²) in [6, 6.07) is 4.30. The molecule has 0 atom stereocenters. The number of nitrogens with one attached hydrogen (secondary N) is 2. The van der Waals surface area contributed by atoms with Gasteiger partial charge in [-0.25, -0.2) is 9.89 Å². The van der Waals surface area contributed by atoms with Gasteiger partial charge in [0, 0.05) is 11.6 Å². The Balaban J connectivity index is 1.70. The van der Waals surface area contributed by atoms with E-state index in [1.807, 2.05) is 4.98 Å². The second kappa shape index (κ2) is 7.37. The van der Waals surface area contributed by atoms with Gasteiger partial charge in [0.05, 0.1) is 15.7 Å². The summed E-state index contributed by atoms with van der Waals surface area (Å²) in [6.07, 6.45) is 2.95. The Morgan fingerprint density at radius 3 is 2.41 bits per heavy atom. The lowest BCUT2D eigenvalue weighted by atomic mass is 9.81. The number of aromatic amines is 2. The molecule has 2 heterocycles. The van der Waals surface area contributed by atoms with E-state index >= 15 is 0 Å². The van der Waals surface area contributed by atoms with E-state index in [2.05, 4.69) is 15.3 Å². The maximum absolute atomic E-state index is 12.0. The quantitative estimate of drug-likeness (QED) is 0.565. The zero-order valence-corrected chi connectivity index (χ0v) is 16.3. The van der Waals surface area contributed by atoms with Crippen molar-refractivity contribution in [2.75, 3.05) is 5.73 Å². The first-order valence-electron chi connectivity index (χ1n) is 8.59.